The Hall–Kier alpha value is -4.40. The average molecular weight is 593 g/mol. The third-order valence-electron chi connectivity index (χ3n) is 10.1. The van der Waals surface area contributed by atoms with E-state index in [1.54, 1.807) is 12.1 Å². The van der Waals surface area contributed by atoms with Gasteiger partial charge >= 0.3 is 0 Å². The molecular weight excluding hydrogens is 556 g/mol. The summed E-state index contributed by atoms with van der Waals surface area (Å²) in [6.07, 6.45) is 3.34. The Morgan fingerprint density at radius 2 is 1.05 bits per heavy atom. The van der Waals surface area contributed by atoms with Crippen LogP contribution in [0.1, 0.15) is 45.5 Å². The van der Waals surface area contributed by atoms with E-state index in [-0.39, 0.29) is 35.1 Å². The molecule has 44 heavy (non-hydrogen) atoms. The van der Waals surface area contributed by atoms with Crippen LogP contribution < -0.4 is 9.47 Å². The van der Waals surface area contributed by atoms with E-state index in [1.165, 1.54) is 22.3 Å². The Morgan fingerprint density at radius 3 is 1.48 bits per heavy atom. The van der Waals surface area contributed by atoms with Crippen LogP contribution in [0, 0.1) is 0 Å². The van der Waals surface area contributed by atoms with Crippen LogP contribution >= 0.6 is 0 Å². The molecule has 0 radical (unpaired) electrons. The van der Waals surface area contributed by atoms with Crippen LogP contribution in [0.2, 0.25) is 0 Å². The molecule has 2 unspecified atom stereocenters. The van der Waals surface area contributed by atoms with E-state index < -0.39 is 0 Å². The molecule has 4 aromatic rings. The van der Waals surface area contributed by atoms with Gasteiger partial charge in [-0.1, -0.05) is 12.1 Å². The smallest absolute Gasteiger partial charge is 0.165 e. The van der Waals surface area contributed by atoms with Crippen LogP contribution in [0.4, 0.5) is 0 Å². The maximum atomic E-state index is 10.9. The first kappa shape index (κ1) is 27.2. The molecule has 0 spiro atoms. The minimum atomic E-state index is -0.118. The van der Waals surface area contributed by atoms with Gasteiger partial charge in [-0.2, -0.15) is 0 Å². The average Bonchev–Trinajstić information content (AvgIpc) is 3.02. The number of aromatic hydroxyl groups is 4. The lowest BCUT2D eigenvalue weighted by Gasteiger charge is -2.40. The van der Waals surface area contributed by atoms with Gasteiger partial charge in [0, 0.05) is 36.3 Å². The number of hydrogen-bond donors (Lipinski definition) is 4. The van der Waals surface area contributed by atoms with Gasteiger partial charge in [0.15, 0.2) is 23.0 Å². The van der Waals surface area contributed by atoms with Crippen molar-refractivity contribution in [1.29, 1.82) is 0 Å². The predicted molar refractivity (Wildman–Crippen MR) is 167 cm³/mol. The third-order valence-corrected chi connectivity index (χ3v) is 10.1. The molecule has 0 bridgehead atoms. The molecule has 0 saturated carbocycles. The maximum absolute atomic E-state index is 10.9. The molecule has 8 rings (SSSR count). The topological polar surface area (TPSA) is 106 Å². The van der Waals surface area contributed by atoms with Crippen molar-refractivity contribution in [3.63, 3.8) is 0 Å². The second-order valence-corrected chi connectivity index (χ2v) is 12.6. The van der Waals surface area contributed by atoms with Crippen molar-refractivity contribution in [3.05, 3.63) is 81.9 Å². The van der Waals surface area contributed by atoms with E-state index in [1.807, 2.05) is 24.3 Å². The van der Waals surface area contributed by atoms with E-state index in [9.17, 15) is 20.4 Å². The number of fused-ring (bicyclic) bond motifs is 4. The molecule has 0 fully saturated rings. The van der Waals surface area contributed by atoms with Crippen molar-refractivity contribution >= 4 is 0 Å². The SMILES string of the molecule is CN1CCc2cc(OCCOc3cc4c5c(c3)-c3c(ccc(O)c3O)CC5N(C)CC4)cc3c2C1Cc1ccc(O)c(O)c1-3. The molecule has 4 N–H and O–H groups in total. The fourth-order valence-corrected chi connectivity index (χ4v) is 7.93. The zero-order chi connectivity index (χ0) is 30.3. The lowest BCUT2D eigenvalue weighted by atomic mass is 9.76. The van der Waals surface area contributed by atoms with Crippen LogP contribution in [0.5, 0.6) is 34.5 Å². The zero-order valence-corrected chi connectivity index (χ0v) is 24.9. The van der Waals surface area contributed by atoms with E-state index >= 15 is 0 Å². The normalized spacial score (nSPS) is 19.9. The lowest BCUT2D eigenvalue weighted by molar-refractivity contribution is 0.212. The van der Waals surface area contributed by atoms with Crippen LogP contribution in [0.25, 0.3) is 22.3 Å². The van der Waals surface area contributed by atoms with Crippen molar-refractivity contribution in [2.45, 2.75) is 37.8 Å². The second kappa shape index (κ2) is 10.1. The molecule has 2 aliphatic heterocycles. The van der Waals surface area contributed by atoms with Gasteiger partial charge in [0.05, 0.1) is 0 Å². The zero-order valence-electron chi connectivity index (χ0n) is 24.9. The van der Waals surface area contributed by atoms with Gasteiger partial charge in [-0.05, 0) is 121 Å². The van der Waals surface area contributed by atoms with Crippen LogP contribution in [-0.4, -0.2) is 70.6 Å². The summed E-state index contributed by atoms with van der Waals surface area (Å²) in [5.74, 6) is 1.02. The van der Waals surface area contributed by atoms with Gasteiger partial charge in [0.25, 0.3) is 0 Å². The molecule has 2 aliphatic carbocycles. The molecule has 4 aliphatic rings. The van der Waals surface area contributed by atoms with Gasteiger partial charge in [-0.15, -0.1) is 0 Å². The number of benzene rings is 4. The number of ether oxygens (including phenoxy) is 2. The number of nitrogens with zero attached hydrogens (tertiary/aromatic N) is 2. The van der Waals surface area contributed by atoms with E-state index in [4.69, 9.17) is 9.47 Å². The summed E-state index contributed by atoms with van der Waals surface area (Å²) in [6.45, 7) is 2.52. The molecule has 2 atom stereocenters. The largest absolute Gasteiger partial charge is 0.504 e. The number of hydrogen-bond acceptors (Lipinski definition) is 8. The monoisotopic (exact) mass is 592 g/mol. The van der Waals surface area contributed by atoms with Crippen molar-refractivity contribution in [1.82, 2.24) is 9.80 Å². The quantitative estimate of drug-likeness (QED) is 0.179. The fraction of sp³-hybridized carbons (Fsp3) is 0.333. The Bertz CT molecular complexity index is 1700. The number of phenolic OH excluding ortho intramolecular Hbond substituents is 4. The van der Waals surface area contributed by atoms with Crippen LogP contribution in [-0.2, 0) is 25.7 Å². The van der Waals surface area contributed by atoms with E-state index in [0.717, 1.165) is 61.0 Å². The Kier molecular flexibility index (Phi) is 6.22. The number of phenols is 4. The second-order valence-electron chi connectivity index (χ2n) is 12.6. The standard InChI is InChI=1S/C36H36N2O6/c1-37-9-7-21-13-23(17-25-31(21)27(37)15-19-3-5-29(39)35(41)33(19)25)43-11-12-44-24-14-22-8-10-38(2)28-16-20-4-6-30(40)36(42)34(20)26(18-24)32(22)28/h3-6,13-14,17-18,27-28,39-42H,7-12,15-16H2,1-2H3. The summed E-state index contributed by atoms with van der Waals surface area (Å²) < 4.78 is 12.5. The first-order valence-electron chi connectivity index (χ1n) is 15.4. The summed E-state index contributed by atoms with van der Waals surface area (Å²) in [5.41, 5.74) is 10.1. The summed E-state index contributed by atoms with van der Waals surface area (Å²) in [5, 5.41) is 42.3. The van der Waals surface area contributed by atoms with Crippen molar-refractivity contribution in [3.8, 4) is 56.8 Å². The predicted octanol–water partition coefficient (Wildman–Crippen LogP) is 5.47. The Labute approximate surface area is 256 Å². The maximum Gasteiger partial charge on any atom is 0.165 e. The van der Waals surface area contributed by atoms with Crippen molar-refractivity contribution in [2.75, 3.05) is 40.4 Å². The molecule has 0 saturated heterocycles. The summed E-state index contributed by atoms with van der Waals surface area (Å²) >= 11 is 0. The van der Waals surface area contributed by atoms with E-state index in [0.29, 0.717) is 35.8 Å². The highest BCUT2D eigenvalue weighted by Crippen LogP contribution is 2.52. The molecular formula is C36H36N2O6. The fourth-order valence-electron chi connectivity index (χ4n) is 7.93. The summed E-state index contributed by atoms with van der Waals surface area (Å²) in [4.78, 5) is 4.72. The lowest BCUT2D eigenvalue weighted by Crippen LogP contribution is -2.35. The number of likely N-dealkylation sites (N-methyl/N-ethyl adjacent to an activating group) is 2. The molecule has 4 aromatic carbocycles. The molecule has 2 heterocycles. The third kappa shape index (κ3) is 4.12. The van der Waals surface area contributed by atoms with E-state index in [2.05, 4.69) is 36.0 Å². The van der Waals surface area contributed by atoms with Crippen molar-refractivity contribution < 1.29 is 29.9 Å². The molecule has 8 nitrogen and oxygen atoms in total. The molecule has 0 aromatic heterocycles. The van der Waals surface area contributed by atoms with Gasteiger partial charge in [-0.3, -0.25) is 9.80 Å². The minimum Gasteiger partial charge on any atom is -0.504 e. The van der Waals surface area contributed by atoms with Crippen LogP contribution in [0.3, 0.4) is 0 Å². The minimum absolute atomic E-state index is 0.0809. The number of rotatable bonds is 5. The first-order valence-corrected chi connectivity index (χ1v) is 15.4. The summed E-state index contributed by atoms with van der Waals surface area (Å²) in [6, 6.07) is 15.6. The molecule has 8 heteroatoms. The molecule has 226 valence electrons. The highest BCUT2D eigenvalue weighted by Gasteiger charge is 2.36. The Morgan fingerprint density at radius 1 is 0.614 bits per heavy atom. The summed E-state index contributed by atoms with van der Waals surface area (Å²) in [7, 11) is 4.28. The van der Waals surface area contributed by atoms with Gasteiger partial charge in [-0.25, -0.2) is 0 Å². The highest BCUT2D eigenvalue weighted by atomic mass is 16.5. The van der Waals surface area contributed by atoms with Gasteiger partial charge in [0.2, 0.25) is 0 Å². The van der Waals surface area contributed by atoms with Crippen LogP contribution in [0.15, 0.2) is 48.5 Å². The molecule has 0 amide bonds. The first-order chi connectivity index (χ1) is 21.3. The van der Waals surface area contributed by atoms with Gasteiger partial charge in [0.1, 0.15) is 24.7 Å². The Balaban J connectivity index is 1.06. The highest BCUT2D eigenvalue weighted by molar-refractivity contribution is 5.84. The van der Waals surface area contributed by atoms with Gasteiger partial charge < -0.3 is 29.9 Å². The van der Waals surface area contributed by atoms with Crippen molar-refractivity contribution in [2.24, 2.45) is 0 Å².